The molecule has 0 atom stereocenters. The predicted octanol–water partition coefficient (Wildman–Crippen LogP) is 3.82. The molecule has 2 fully saturated rings. The van der Waals surface area contributed by atoms with Crippen LogP contribution in [0.2, 0.25) is 0 Å². The van der Waals surface area contributed by atoms with Crippen molar-refractivity contribution in [1.82, 2.24) is 15.1 Å². The second kappa shape index (κ2) is 8.16. The molecule has 1 saturated carbocycles. The Bertz CT molecular complexity index is 702. The van der Waals surface area contributed by atoms with E-state index in [2.05, 4.69) is 26.5 Å². The third-order valence-electron chi connectivity index (χ3n) is 5.57. The molecule has 0 bridgehead atoms. The number of hydrogen-bond acceptors (Lipinski definition) is 5. The maximum Gasteiger partial charge on any atom is 0.222 e. The van der Waals surface area contributed by atoms with Gasteiger partial charge in [0.25, 0.3) is 0 Å². The first-order valence-corrected chi connectivity index (χ1v) is 10.6. The zero-order valence-electron chi connectivity index (χ0n) is 15.1. The fourth-order valence-electron chi connectivity index (χ4n) is 4.00. The number of hydrogen-bond donors (Lipinski definition) is 0. The Labute approximate surface area is 159 Å². The van der Waals surface area contributed by atoms with Gasteiger partial charge >= 0.3 is 0 Å². The van der Waals surface area contributed by atoms with Gasteiger partial charge in [-0.3, -0.25) is 4.79 Å². The Morgan fingerprint density at radius 2 is 1.85 bits per heavy atom. The summed E-state index contributed by atoms with van der Waals surface area (Å²) in [5.74, 6) is 1.87. The van der Waals surface area contributed by atoms with Crippen LogP contribution in [0.15, 0.2) is 29.6 Å². The van der Waals surface area contributed by atoms with E-state index in [0.29, 0.717) is 11.8 Å². The van der Waals surface area contributed by atoms with Gasteiger partial charge in [0.2, 0.25) is 5.91 Å². The molecular weight excluding hydrogens is 344 g/mol. The molecule has 1 aliphatic heterocycles. The lowest BCUT2D eigenvalue weighted by Gasteiger charge is -2.36. The van der Waals surface area contributed by atoms with Crippen molar-refractivity contribution in [2.75, 3.05) is 31.1 Å². The molecule has 0 unspecified atom stereocenters. The molecule has 0 aromatic carbocycles. The Kier molecular flexibility index (Phi) is 5.48. The van der Waals surface area contributed by atoms with Gasteiger partial charge in [-0.15, -0.1) is 21.5 Å². The van der Waals surface area contributed by atoms with Gasteiger partial charge in [0.15, 0.2) is 5.82 Å². The molecule has 3 heterocycles. The van der Waals surface area contributed by atoms with E-state index in [-0.39, 0.29) is 0 Å². The summed E-state index contributed by atoms with van der Waals surface area (Å²) in [5, 5.41) is 10.8. The van der Waals surface area contributed by atoms with E-state index in [4.69, 9.17) is 0 Å². The Morgan fingerprint density at radius 1 is 1.04 bits per heavy atom. The van der Waals surface area contributed by atoms with Crippen LogP contribution in [0.5, 0.6) is 0 Å². The quantitative estimate of drug-likeness (QED) is 0.821. The van der Waals surface area contributed by atoms with E-state index in [1.165, 1.54) is 32.1 Å². The highest BCUT2D eigenvalue weighted by Crippen LogP contribution is 2.27. The van der Waals surface area contributed by atoms with Crippen LogP contribution in [0, 0.1) is 5.92 Å². The minimum absolute atomic E-state index is 0.343. The van der Waals surface area contributed by atoms with Gasteiger partial charge in [0, 0.05) is 32.6 Å². The van der Waals surface area contributed by atoms with Gasteiger partial charge in [-0.25, -0.2) is 0 Å². The number of amides is 1. The summed E-state index contributed by atoms with van der Waals surface area (Å²) in [5.41, 5.74) is 0.921. The largest absolute Gasteiger partial charge is 0.352 e. The van der Waals surface area contributed by atoms with Crippen LogP contribution in [0.25, 0.3) is 10.6 Å². The third kappa shape index (κ3) is 4.06. The van der Waals surface area contributed by atoms with E-state index in [1.807, 2.05) is 23.1 Å². The van der Waals surface area contributed by atoms with Crippen molar-refractivity contribution in [2.24, 2.45) is 5.92 Å². The molecule has 2 aliphatic rings. The van der Waals surface area contributed by atoms with Crippen LogP contribution in [-0.2, 0) is 4.79 Å². The summed E-state index contributed by atoms with van der Waals surface area (Å²) in [6.45, 7) is 3.26. The lowest BCUT2D eigenvalue weighted by atomic mass is 9.86. The number of aromatic nitrogens is 2. The summed E-state index contributed by atoms with van der Waals surface area (Å²) in [6.07, 6.45) is 7.15. The SMILES string of the molecule is O=C(CC1CCCCC1)N1CCN(c2ccc(-c3cccs3)nn2)CC1. The van der Waals surface area contributed by atoms with E-state index in [1.54, 1.807) is 11.3 Å². The number of thiophene rings is 1. The standard InChI is InChI=1S/C20H26N4OS/c25-20(15-16-5-2-1-3-6-16)24-12-10-23(11-13-24)19-9-8-17(21-22-19)18-7-4-14-26-18/h4,7-9,14,16H,1-3,5-6,10-13,15H2. The minimum atomic E-state index is 0.343. The molecule has 4 rings (SSSR count). The number of carbonyl (C=O) groups excluding carboxylic acids is 1. The highest BCUT2D eigenvalue weighted by atomic mass is 32.1. The second-order valence-corrected chi connectivity index (χ2v) is 8.28. The number of anilines is 1. The summed E-state index contributed by atoms with van der Waals surface area (Å²) < 4.78 is 0. The van der Waals surface area contributed by atoms with Crippen molar-refractivity contribution >= 4 is 23.1 Å². The summed E-state index contributed by atoms with van der Waals surface area (Å²) in [6, 6.07) is 8.17. The van der Waals surface area contributed by atoms with Crippen LogP contribution in [0.3, 0.4) is 0 Å². The van der Waals surface area contributed by atoms with Crippen molar-refractivity contribution in [1.29, 1.82) is 0 Å². The molecule has 1 saturated heterocycles. The van der Waals surface area contributed by atoms with E-state index in [9.17, 15) is 4.79 Å². The molecule has 6 heteroatoms. The molecule has 2 aromatic heterocycles. The smallest absolute Gasteiger partial charge is 0.222 e. The molecular formula is C20H26N4OS. The number of nitrogens with zero attached hydrogens (tertiary/aromatic N) is 4. The average Bonchev–Trinajstić information content (AvgIpc) is 3.24. The second-order valence-electron chi connectivity index (χ2n) is 7.33. The lowest BCUT2D eigenvalue weighted by Crippen LogP contribution is -2.49. The highest BCUT2D eigenvalue weighted by Gasteiger charge is 2.25. The third-order valence-corrected chi connectivity index (χ3v) is 6.46. The Morgan fingerprint density at radius 3 is 2.50 bits per heavy atom. The summed E-state index contributed by atoms with van der Waals surface area (Å²) in [7, 11) is 0. The van der Waals surface area contributed by atoms with Crippen LogP contribution >= 0.6 is 11.3 Å². The number of rotatable bonds is 4. The van der Waals surface area contributed by atoms with Gasteiger partial charge in [0.1, 0.15) is 5.69 Å². The molecule has 2 aromatic rings. The van der Waals surface area contributed by atoms with Crippen LogP contribution in [0.4, 0.5) is 5.82 Å². The summed E-state index contributed by atoms with van der Waals surface area (Å²) >= 11 is 1.67. The van der Waals surface area contributed by atoms with Gasteiger partial charge in [-0.05, 0) is 42.3 Å². The maximum atomic E-state index is 12.6. The van der Waals surface area contributed by atoms with Gasteiger partial charge in [-0.2, -0.15) is 0 Å². The molecule has 0 radical (unpaired) electrons. The van der Waals surface area contributed by atoms with Gasteiger partial charge in [0.05, 0.1) is 4.88 Å². The van der Waals surface area contributed by atoms with Crippen LogP contribution in [0.1, 0.15) is 38.5 Å². The first kappa shape index (κ1) is 17.5. The molecule has 138 valence electrons. The van der Waals surface area contributed by atoms with Crippen molar-refractivity contribution in [3.63, 3.8) is 0 Å². The molecule has 0 spiro atoms. The molecule has 26 heavy (non-hydrogen) atoms. The maximum absolute atomic E-state index is 12.6. The summed E-state index contributed by atoms with van der Waals surface area (Å²) in [4.78, 5) is 18.0. The Balaban J connectivity index is 1.29. The Hall–Kier alpha value is -1.95. The van der Waals surface area contributed by atoms with Gasteiger partial charge < -0.3 is 9.80 Å². The monoisotopic (exact) mass is 370 g/mol. The lowest BCUT2D eigenvalue weighted by molar-refractivity contribution is -0.132. The van der Waals surface area contributed by atoms with E-state index in [0.717, 1.165) is 49.0 Å². The van der Waals surface area contributed by atoms with Gasteiger partial charge in [-0.1, -0.05) is 25.3 Å². The fraction of sp³-hybridized carbons (Fsp3) is 0.550. The number of carbonyl (C=O) groups is 1. The number of piperazine rings is 1. The van der Waals surface area contributed by atoms with Crippen molar-refractivity contribution in [3.05, 3.63) is 29.6 Å². The molecule has 1 aliphatic carbocycles. The zero-order chi connectivity index (χ0) is 17.8. The van der Waals surface area contributed by atoms with E-state index < -0.39 is 0 Å². The molecule has 1 amide bonds. The van der Waals surface area contributed by atoms with Crippen molar-refractivity contribution < 1.29 is 4.79 Å². The first-order valence-electron chi connectivity index (χ1n) is 9.70. The first-order chi connectivity index (χ1) is 12.8. The van der Waals surface area contributed by atoms with Crippen LogP contribution < -0.4 is 4.90 Å². The predicted molar refractivity (Wildman–Crippen MR) is 105 cm³/mol. The fourth-order valence-corrected chi connectivity index (χ4v) is 4.69. The van der Waals surface area contributed by atoms with Crippen molar-refractivity contribution in [3.8, 4) is 10.6 Å². The minimum Gasteiger partial charge on any atom is -0.352 e. The zero-order valence-corrected chi connectivity index (χ0v) is 16.0. The molecule has 5 nitrogen and oxygen atoms in total. The highest BCUT2D eigenvalue weighted by molar-refractivity contribution is 7.13. The van der Waals surface area contributed by atoms with Crippen molar-refractivity contribution in [2.45, 2.75) is 38.5 Å². The average molecular weight is 371 g/mol. The molecule has 0 N–H and O–H groups in total. The topological polar surface area (TPSA) is 49.3 Å². The normalized spacial score (nSPS) is 18.9. The van der Waals surface area contributed by atoms with E-state index >= 15 is 0 Å². The van der Waals surface area contributed by atoms with Crippen LogP contribution in [-0.4, -0.2) is 47.2 Å².